The number of nitrogens with one attached hydrogen (secondary N) is 1. The Morgan fingerprint density at radius 3 is 2.65 bits per heavy atom. The lowest BCUT2D eigenvalue weighted by Gasteiger charge is -2.32. The number of imidazole rings is 1. The van der Waals surface area contributed by atoms with Gasteiger partial charge in [0.1, 0.15) is 5.82 Å². The maximum atomic E-state index is 14.6. The number of nitrogens with two attached hydrogens (primary N) is 1. The number of nitrogens with zero attached hydrogens (tertiary/aromatic N) is 4. The minimum absolute atomic E-state index is 0.0145. The Morgan fingerprint density at radius 2 is 1.98 bits per heavy atom. The molecule has 1 fully saturated rings. The molecular formula is C28H33FN6O4S. The van der Waals surface area contributed by atoms with Crippen molar-refractivity contribution < 1.29 is 22.3 Å². The number of carbonyl (C=O) groups is 1. The number of aromatic nitrogens is 3. The molecule has 0 saturated carbocycles. The molecule has 1 aliphatic rings. The van der Waals surface area contributed by atoms with Crippen LogP contribution >= 0.6 is 0 Å². The van der Waals surface area contributed by atoms with Gasteiger partial charge in [-0.05, 0) is 48.1 Å². The fraction of sp³-hybridized carbons (Fsp3) is 0.357. The fourth-order valence-corrected chi connectivity index (χ4v) is 6.35. The second kappa shape index (κ2) is 11.4. The lowest BCUT2D eigenvalue weighted by molar-refractivity contribution is 0.0714. The van der Waals surface area contributed by atoms with E-state index in [2.05, 4.69) is 9.71 Å². The summed E-state index contributed by atoms with van der Waals surface area (Å²) in [7, 11) is -0.708. The van der Waals surface area contributed by atoms with Gasteiger partial charge < -0.3 is 24.5 Å². The first kappa shape index (κ1) is 27.8. The maximum Gasteiger partial charge on any atom is 0.280 e. The molecule has 2 aromatic carbocycles. The Morgan fingerprint density at radius 1 is 1.20 bits per heavy atom. The van der Waals surface area contributed by atoms with Gasteiger partial charge >= 0.3 is 0 Å². The van der Waals surface area contributed by atoms with Gasteiger partial charge in [-0.25, -0.2) is 9.37 Å². The second-order valence-corrected chi connectivity index (χ2v) is 11.7. The minimum Gasteiger partial charge on any atom is -0.383 e. The summed E-state index contributed by atoms with van der Waals surface area (Å²) in [5.74, 6) is -0.479. The van der Waals surface area contributed by atoms with Crippen molar-refractivity contribution in [3.8, 4) is 0 Å². The van der Waals surface area contributed by atoms with Crippen LogP contribution in [-0.4, -0.2) is 60.1 Å². The fourth-order valence-electron chi connectivity index (χ4n) is 5.30. The van der Waals surface area contributed by atoms with Crippen LogP contribution < -0.4 is 10.5 Å². The standard InChI is InChI=1S/C28H33FN6O4S/c1-33-17-26(31-18-33)40(37,38)32-24-4-3-5-25-27(24)22(16-35(25)12-13-39-2)28(36)34-10-8-20(9-11-34)21-14-19(15-30)6-7-23(21)29/h3-7,14,16-18,20,32H,8-13,15,30H2,1-2H3. The highest BCUT2D eigenvalue weighted by Gasteiger charge is 2.29. The average Bonchev–Trinajstić information content (AvgIpc) is 3.56. The molecule has 0 spiro atoms. The van der Waals surface area contributed by atoms with Gasteiger partial charge in [-0.3, -0.25) is 9.52 Å². The van der Waals surface area contributed by atoms with E-state index in [1.54, 1.807) is 48.0 Å². The normalized spacial score (nSPS) is 14.7. The van der Waals surface area contributed by atoms with E-state index in [1.165, 1.54) is 18.6 Å². The third-order valence-electron chi connectivity index (χ3n) is 7.39. The van der Waals surface area contributed by atoms with Crippen LogP contribution in [0.5, 0.6) is 0 Å². The minimum atomic E-state index is -3.99. The molecule has 1 aliphatic heterocycles. The van der Waals surface area contributed by atoms with E-state index in [4.69, 9.17) is 10.5 Å². The first-order chi connectivity index (χ1) is 19.2. The lowest BCUT2D eigenvalue weighted by Crippen LogP contribution is -2.38. The second-order valence-electron chi connectivity index (χ2n) is 10.0. The summed E-state index contributed by atoms with van der Waals surface area (Å²) in [5, 5.41) is 0.388. The molecule has 3 heterocycles. The topological polar surface area (TPSA) is 124 Å². The number of benzene rings is 2. The summed E-state index contributed by atoms with van der Waals surface area (Å²) < 4.78 is 52.2. The summed E-state index contributed by atoms with van der Waals surface area (Å²) in [5.41, 5.74) is 8.65. The van der Waals surface area contributed by atoms with Gasteiger partial charge in [0.15, 0.2) is 5.03 Å². The molecule has 0 unspecified atom stereocenters. The SMILES string of the molecule is COCCn1cc(C(=O)N2CCC(c3cc(CN)ccc3F)CC2)c2c(NS(=O)(=O)c3cn(C)cn3)cccc21. The van der Waals surface area contributed by atoms with Gasteiger partial charge in [-0.15, -0.1) is 0 Å². The zero-order valence-corrected chi connectivity index (χ0v) is 23.3. The smallest absolute Gasteiger partial charge is 0.280 e. The number of anilines is 1. The number of sulfonamides is 1. The number of hydrogen-bond acceptors (Lipinski definition) is 6. The average molecular weight is 569 g/mol. The Kier molecular flexibility index (Phi) is 7.92. The van der Waals surface area contributed by atoms with E-state index in [-0.39, 0.29) is 22.7 Å². The zero-order chi connectivity index (χ0) is 28.4. The number of ether oxygens (including phenoxy) is 1. The lowest BCUT2D eigenvalue weighted by atomic mass is 9.88. The van der Waals surface area contributed by atoms with Gasteiger partial charge in [0, 0.05) is 58.1 Å². The van der Waals surface area contributed by atoms with Crippen LogP contribution in [0.2, 0.25) is 0 Å². The van der Waals surface area contributed by atoms with Gasteiger partial charge in [0.2, 0.25) is 0 Å². The van der Waals surface area contributed by atoms with Crippen LogP contribution in [0.3, 0.4) is 0 Å². The van der Waals surface area contributed by atoms with E-state index in [0.29, 0.717) is 73.3 Å². The number of carbonyl (C=O) groups excluding carboxylic acids is 1. The number of methoxy groups -OCH3 is 1. The molecule has 4 aromatic rings. The van der Waals surface area contributed by atoms with Crippen molar-refractivity contribution in [2.75, 3.05) is 31.5 Å². The molecule has 212 valence electrons. The van der Waals surface area contributed by atoms with Crippen LogP contribution in [0.4, 0.5) is 10.1 Å². The molecule has 0 bridgehead atoms. The van der Waals surface area contributed by atoms with Crippen LogP contribution in [0.1, 0.15) is 40.2 Å². The van der Waals surface area contributed by atoms with Gasteiger partial charge in [-0.2, -0.15) is 8.42 Å². The third-order valence-corrected chi connectivity index (χ3v) is 8.64. The molecule has 1 amide bonds. The van der Waals surface area contributed by atoms with Crippen molar-refractivity contribution in [1.82, 2.24) is 19.0 Å². The van der Waals surface area contributed by atoms with Crippen molar-refractivity contribution in [2.24, 2.45) is 12.8 Å². The van der Waals surface area contributed by atoms with Gasteiger partial charge in [-0.1, -0.05) is 18.2 Å². The number of piperidine rings is 1. The van der Waals surface area contributed by atoms with E-state index < -0.39 is 10.0 Å². The number of fused-ring (bicyclic) bond motifs is 1. The molecule has 5 rings (SSSR count). The van der Waals surface area contributed by atoms with E-state index in [9.17, 15) is 17.6 Å². The zero-order valence-electron chi connectivity index (χ0n) is 22.5. The van der Waals surface area contributed by atoms with E-state index >= 15 is 0 Å². The molecule has 1 saturated heterocycles. The van der Waals surface area contributed by atoms with Crippen molar-refractivity contribution >= 4 is 32.5 Å². The molecule has 0 aliphatic carbocycles. The third kappa shape index (κ3) is 5.47. The largest absolute Gasteiger partial charge is 0.383 e. The highest BCUT2D eigenvalue weighted by Crippen LogP contribution is 2.34. The molecule has 3 N–H and O–H groups in total. The molecule has 0 atom stereocenters. The van der Waals surface area contributed by atoms with Crippen molar-refractivity contribution in [3.63, 3.8) is 0 Å². The summed E-state index contributed by atoms with van der Waals surface area (Å²) in [6.45, 7) is 2.13. The predicted octanol–water partition coefficient (Wildman–Crippen LogP) is 3.44. The van der Waals surface area contributed by atoms with Crippen LogP contribution in [0, 0.1) is 5.82 Å². The van der Waals surface area contributed by atoms with Crippen molar-refractivity contribution in [2.45, 2.75) is 36.9 Å². The maximum absolute atomic E-state index is 14.6. The van der Waals surface area contributed by atoms with Crippen LogP contribution in [0.25, 0.3) is 10.9 Å². The first-order valence-corrected chi connectivity index (χ1v) is 14.6. The first-order valence-electron chi connectivity index (χ1n) is 13.1. The van der Waals surface area contributed by atoms with Crippen LogP contribution in [-0.2, 0) is 34.9 Å². The number of rotatable bonds is 9. The molecular weight excluding hydrogens is 535 g/mol. The van der Waals surface area contributed by atoms with Gasteiger partial charge in [0.05, 0.1) is 29.7 Å². The predicted molar refractivity (Wildman–Crippen MR) is 150 cm³/mol. The Balaban J connectivity index is 1.45. The van der Waals surface area contributed by atoms with Crippen molar-refractivity contribution in [3.05, 3.63) is 77.6 Å². The summed E-state index contributed by atoms with van der Waals surface area (Å²) in [6.07, 6.45) is 5.79. The van der Waals surface area contributed by atoms with E-state index in [0.717, 1.165) is 5.56 Å². The molecule has 2 aromatic heterocycles. The van der Waals surface area contributed by atoms with Gasteiger partial charge in [0.25, 0.3) is 15.9 Å². The molecule has 12 heteroatoms. The highest BCUT2D eigenvalue weighted by atomic mass is 32.2. The number of amides is 1. The van der Waals surface area contributed by atoms with E-state index in [1.807, 2.05) is 16.7 Å². The quantitative estimate of drug-likeness (QED) is 0.319. The Hall–Kier alpha value is -3.74. The Labute approximate surface area is 232 Å². The molecule has 40 heavy (non-hydrogen) atoms. The summed E-state index contributed by atoms with van der Waals surface area (Å²) in [4.78, 5) is 19.6. The Bertz CT molecular complexity index is 1640. The number of halogens is 1. The van der Waals surface area contributed by atoms with Crippen LogP contribution in [0.15, 0.2) is 60.1 Å². The van der Waals surface area contributed by atoms with Crippen molar-refractivity contribution in [1.29, 1.82) is 0 Å². The summed E-state index contributed by atoms with van der Waals surface area (Å²) in [6, 6.07) is 10.2. The molecule has 0 radical (unpaired) electrons. The highest BCUT2D eigenvalue weighted by molar-refractivity contribution is 7.92. The summed E-state index contributed by atoms with van der Waals surface area (Å²) >= 11 is 0. The molecule has 10 nitrogen and oxygen atoms in total. The monoisotopic (exact) mass is 568 g/mol. The number of hydrogen-bond donors (Lipinski definition) is 2. The number of aryl methyl sites for hydroxylation is 1. The number of likely N-dealkylation sites (tertiary alicyclic amines) is 1.